The average Bonchev–Trinajstić information content (AvgIpc) is 3.15. The van der Waals surface area contributed by atoms with Gasteiger partial charge in [0.1, 0.15) is 5.82 Å². The Kier molecular flexibility index (Phi) is 5.79. The number of nitrogens with zero attached hydrogens (tertiary/aromatic N) is 7. The molecule has 0 saturated carbocycles. The average molecular weight is 425 g/mol. The Morgan fingerprint density at radius 1 is 1.10 bits per heavy atom. The second-order valence-electron chi connectivity index (χ2n) is 7.27. The third-order valence-electron chi connectivity index (χ3n) is 5.13. The number of halogens is 1. The molecule has 2 aromatic heterocycles. The molecule has 3 aromatic rings. The number of aryl methyl sites for hydroxylation is 1. The highest BCUT2D eigenvalue weighted by Crippen LogP contribution is 2.19. The van der Waals surface area contributed by atoms with Crippen LogP contribution in [0.3, 0.4) is 0 Å². The summed E-state index contributed by atoms with van der Waals surface area (Å²) in [6.07, 6.45) is 0. The van der Waals surface area contributed by atoms with Gasteiger partial charge >= 0.3 is 0 Å². The Morgan fingerprint density at radius 2 is 1.81 bits per heavy atom. The van der Waals surface area contributed by atoms with E-state index in [9.17, 15) is 9.18 Å². The summed E-state index contributed by atoms with van der Waals surface area (Å²) < 4.78 is 20.2. The quantitative estimate of drug-likeness (QED) is 0.619. The Hall–Kier alpha value is -3.56. The highest BCUT2D eigenvalue weighted by atomic mass is 19.1. The molecular weight excluding hydrogens is 401 g/mol. The minimum atomic E-state index is -0.332. The van der Waals surface area contributed by atoms with E-state index in [0.717, 1.165) is 5.69 Å². The van der Waals surface area contributed by atoms with E-state index < -0.39 is 0 Å². The van der Waals surface area contributed by atoms with Crippen LogP contribution in [-0.2, 0) is 0 Å². The maximum absolute atomic E-state index is 13.2. The van der Waals surface area contributed by atoms with Gasteiger partial charge in [0, 0.05) is 37.9 Å². The third kappa shape index (κ3) is 4.32. The Balaban J connectivity index is 1.45. The lowest BCUT2D eigenvalue weighted by Crippen LogP contribution is -2.49. The van der Waals surface area contributed by atoms with Gasteiger partial charge in [-0.1, -0.05) is 5.21 Å². The molecule has 10 heteroatoms. The van der Waals surface area contributed by atoms with Crippen molar-refractivity contribution in [1.82, 2.24) is 29.9 Å². The number of anilines is 1. The number of benzene rings is 1. The van der Waals surface area contributed by atoms with Crippen molar-refractivity contribution in [3.63, 3.8) is 0 Å². The minimum Gasteiger partial charge on any atom is -0.478 e. The number of hydrogen-bond donors (Lipinski definition) is 0. The SMILES string of the molecule is CCOc1cc(C)nc(N2CCN(C(=O)c3nnn(-c4ccc(F)cc4)c3C)CC2)n1. The summed E-state index contributed by atoms with van der Waals surface area (Å²) in [4.78, 5) is 25.8. The van der Waals surface area contributed by atoms with E-state index in [1.165, 1.54) is 12.1 Å². The first-order valence-corrected chi connectivity index (χ1v) is 10.2. The molecule has 0 aliphatic carbocycles. The Bertz CT molecular complexity index is 1080. The predicted molar refractivity (Wildman–Crippen MR) is 112 cm³/mol. The van der Waals surface area contributed by atoms with Crippen LogP contribution in [0.5, 0.6) is 5.88 Å². The van der Waals surface area contributed by atoms with Gasteiger partial charge in [0.2, 0.25) is 11.8 Å². The maximum Gasteiger partial charge on any atom is 0.276 e. The van der Waals surface area contributed by atoms with Crippen molar-refractivity contribution in [1.29, 1.82) is 0 Å². The van der Waals surface area contributed by atoms with Crippen molar-refractivity contribution in [3.05, 3.63) is 53.2 Å². The van der Waals surface area contributed by atoms with E-state index >= 15 is 0 Å². The molecule has 1 aliphatic rings. The number of amides is 1. The number of carbonyl (C=O) groups excluding carboxylic acids is 1. The zero-order valence-corrected chi connectivity index (χ0v) is 17.7. The van der Waals surface area contributed by atoms with Gasteiger partial charge in [0.15, 0.2) is 5.69 Å². The van der Waals surface area contributed by atoms with Crippen LogP contribution >= 0.6 is 0 Å². The number of ether oxygens (including phenoxy) is 1. The lowest BCUT2D eigenvalue weighted by molar-refractivity contribution is 0.0739. The third-order valence-corrected chi connectivity index (χ3v) is 5.13. The molecule has 31 heavy (non-hydrogen) atoms. The lowest BCUT2D eigenvalue weighted by Gasteiger charge is -2.34. The number of aromatic nitrogens is 5. The molecule has 1 saturated heterocycles. The zero-order valence-electron chi connectivity index (χ0n) is 17.7. The Labute approximate surface area is 179 Å². The van der Waals surface area contributed by atoms with Gasteiger partial charge in [-0.15, -0.1) is 5.10 Å². The normalized spacial score (nSPS) is 14.1. The summed E-state index contributed by atoms with van der Waals surface area (Å²) in [6, 6.07) is 7.70. The second-order valence-corrected chi connectivity index (χ2v) is 7.27. The van der Waals surface area contributed by atoms with Crippen LogP contribution in [0.4, 0.5) is 10.3 Å². The predicted octanol–water partition coefficient (Wildman–Crippen LogP) is 2.17. The highest BCUT2D eigenvalue weighted by molar-refractivity contribution is 5.93. The first-order valence-electron chi connectivity index (χ1n) is 10.2. The van der Waals surface area contributed by atoms with Gasteiger partial charge in [0.25, 0.3) is 5.91 Å². The van der Waals surface area contributed by atoms with Crippen molar-refractivity contribution in [2.24, 2.45) is 0 Å². The molecule has 0 unspecified atom stereocenters. The maximum atomic E-state index is 13.2. The fourth-order valence-electron chi connectivity index (χ4n) is 3.50. The summed E-state index contributed by atoms with van der Waals surface area (Å²) in [6.45, 7) is 8.37. The number of piperazine rings is 1. The molecule has 162 valence electrons. The second kappa shape index (κ2) is 8.66. The van der Waals surface area contributed by atoms with E-state index in [1.54, 1.807) is 34.7 Å². The fourth-order valence-corrected chi connectivity index (χ4v) is 3.50. The molecular formula is C21H24FN7O2. The molecule has 0 atom stereocenters. The van der Waals surface area contributed by atoms with E-state index in [2.05, 4.69) is 20.3 Å². The summed E-state index contributed by atoms with van der Waals surface area (Å²) in [5.74, 6) is 0.651. The van der Waals surface area contributed by atoms with Gasteiger partial charge in [-0.2, -0.15) is 4.98 Å². The van der Waals surface area contributed by atoms with Gasteiger partial charge in [-0.05, 0) is 45.0 Å². The van der Waals surface area contributed by atoms with Gasteiger partial charge in [0.05, 0.1) is 18.0 Å². The van der Waals surface area contributed by atoms with Gasteiger partial charge in [-0.25, -0.2) is 14.1 Å². The summed E-state index contributed by atoms with van der Waals surface area (Å²) in [5.41, 5.74) is 2.39. The molecule has 4 rings (SSSR count). The van der Waals surface area contributed by atoms with Crippen molar-refractivity contribution in [2.75, 3.05) is 37.7 Å². The van der Waals surface area contributed by atoms with Crippen LogP contribution in [0.25, 0.3) is 5.69 Å². The largest absolute Gasteiger partial charge is 0.478 e. The molecule has 1 fully saturated rings. The van der Waals surface area contributed by atoms with Crippen LogP contribution in [0.15, 0.2) is 30.3 Å². The van der Waals surface area contributed by atoms with E-state index in [-0.39, 0.29) is 11.7 Å². The number of carbonyl (C=O) groups is 1. The van der Waals surface area contributed by atoms with Crippen LogP contribution in [-0.4, -0.2) is 68.6 Å². The molecule has 1 amide bonds. The summed E-state index contributed by atoms with van der Waals surface area (Å²) in [5, 5.41) is 8.17. The fraction of sp³-hybridized carbons (Fsp3) is 0.381. The van der Waals surface area contributed by atoms with E-state index in [4.69, 9.17) is 4.74 Å². The van der Waals surface area contributed by atoms with Crippen molar-refractivity contribution in [2.45, 2.75) is 20.8 Å². The molecule has 0 N–H and O–H groups in total. The molecule has 0 radical (unpaired) electrons. The molecule has 9 nitrogen and oxygen atoms in total. The van der Waals surface area contributed by atoms with E-state index in [0.29, 0.717) is 61.7 Å². The van der Waals surface area contributed by atoms with Crippen LogP contribution in [0.1, 0.15) is 28.8 Å². The van der Waals surface area contributed by atoms with Gasteiger partial charge < -0.3 is 14.5 Å². The lowest BCUT2D eigenvalue weighted by atomic mass is 10.2. The highest BCUT2D eigenvalue weighted by Gasteiger charge is 2.27. The number of hydrogen-bond acceptors (Lipinski definition) is 7. The van der Waals surface area contributed by atoms with Crippen LogP contribution in [0.2, 0.25) is 0 Å². The molecule has 0 bridgehead atoms. The molecule has 0 spiro atoms. The molecule has 1 aromatic carbocycles. The summed E-state index contributed by atoms with van der Waals surface area (Å²) >= 11 is 0. The number of rotatable bonds is 5. The zero-order chi connectivity index (χ0) is 22.0. The first-order chi connectivity index (χ1) is 15.0. The molecule has 3 heterocycles. The van der Waals surface area contributed by atoms with Crippen LogP contribution in [0, 0.1) is 19.7 Å². The standard InChI is InChI=1S/C21H24FN7O2/c1-4-31-18-13-14(2)23-21(24-18)28-11-9-27(10-12-28)20(30)19-15(3)29(26-25-19)17-7-5-16(22)6-8-17/h5-8,13H,4,9-12H2,1-3H3. The molecule has 1 aliphatic heterocycles. The Morgan fingerprint density at radius 3 is 2.48 bits per heavy atom. The van der Waals surface area contributed by atoms with E-state index in [1.807, 2.05) is 18.7 Å². The van der Waals surface area contributed by atoms with Crippen molar-refractivity contribution >= 4 is 11.9 Å². The van der Waals surface area contributed by atoms with Crippen molar-refractivity contribution in [3.8, 4) is 11.6 Å². The topological polar surface area (TPSA) is 89.3 Å². The van der Waals surface area contributed by atoms with Crippen molar-refractivity contribution < 1.29 is 13.9 Å². The van der Waals surface area contributed by atoms with Gasteiger partial charge in [-0.3, -0.25) is 4.79 Å². The smallest absolute Gasteiger partial charge is 0.276 e. The monoisotopic (exact) mass is 425 g/mol. The summed E-state index contributed by atoms with van der Waals surface area (Å²) in [7, 11) is 0. The first kappa shape index (κ1) is 20.7. The minimum absolute atomic E-state index is 0.175. The van der Waals surface area contributed by atoms with Crippen LogP contribution < -0.4 is 9.64 Å².